The first-order chi connectivity index (χ1) is 21.2. The molecule has 3 rings (SSSR count). The maximum Gasteiger partial charge on any atom is 0.354 e. The third kappa shape index (κ3) is 14.9. The Hall–Kier alpha value is -1.96. The van der Waals surface area contributed by atoms with Gasteiger partial charge < -0.3 is 20.1 Å². The number of carboxylic acid groups (broad SMARTS) is 1. The van der Waals surface area contributed by atoms with Crippen LogP contribution in [0, 0.1) is 11.3 Å². The smallest absolute Gasteiger partial charge is 0.354 e. The van der Waals surface area contributed by atoms with E-state index in [4.69, 9.17) is 9.84 Å². The predicted octanol–water partition coefficient (Wildman–Crippen LogP) is 9.91. The highest BCUT2D eigenvalue weighted by Crippen LogP contribution is 2.42. The Kier molecular flexibility index (Phi) is 18.2. The molecular formula is C36H63F2N3O3. The molecule has 2 aliphatic rings. The van der Waals surface area contributed by atoms with Gasteiger partial charge in [0.2, 0.25) is 5.88 Å². The van der Waals surface area contributed by atoms with Crippen LogP contribution in [0.3, 0.4) is 0 Å². The molecule has 0 radical (unpaired) electrons. The van der Waals surface area contributed by atoms with E-state index in [1.807, 2.05) is 0 Å². The van der Waals surface area contributed by atoms with Crippen LogP contribution in [0.1, 0.15) is 153 Å². The summed E-state index contributed by atoms with van der Waals surface area (Å²) in [6, 6.07) is 2.78. The number of nitrogens with one attached hydrogen (secondary N) is 1. The van der Waals surface area contributed by atoms with Crippen molar-refractivity contribution in [2.75, 3.05) is 38.2 Å². The van der Waals surface area contributed by atoms with Gasteiger partial charge in [0.05, 0.1) is 19.7 Å². The number of carbonyl (C=O) groups is 1. The molecule has 1 aromatic rings. The number of hydrogen-bond donors (Lipinski definition) is 2. The summed E-state index contributed by atoms with van der Waals surface area (Å²) in [6.07, 6.45) is 26.6. The summed E-state index contributed by atoms with van der Waals surface area (Å²) in [5.74, 6) is -3.26. The molecule has 0 atom stereocenters. The van der Waals surface area contributed by atoms with Gasteiger partial charge in [0.1, 0.15) is 5.69 Å². The van der Waals surface area contributed by atoms with Crippen LogP contribution in [0.5, 0.6) is 5.88 Å². The fourth-order valence-corrected chi connectivity index (χ4v) is 6.15. The Balaban J connectivity index is 0.000000310. The van der Waals surface area contributed by atoms with E-state index < -0.39 is 11.9 Å². The molecule has 6 nitrogen and oxygen atoms in total. The van der Waals surface area contributed by atoms with E-state index in [0.29, 0.717) is 23.6 Å². The summed E-state index contributed by atoms with van der Waals surface area (Å²) in [5.41, 5.74) is 0.975. The van der Waals surface area contributed by atoms with E-state index in [9.17, 15) is 13.6 Å². The largest absolute Gasteiger partial charge is 0.477 e. The van der Waals surface area contributed by atoms with E-state index >= 15 is 0 Å². The van der Waals surface area contributed by atoms with E-state index in [1.165, 1.54) is 133 Å². The van der Waals surface area contributed by atoms with E-state index in [0.717, 1.165) is 12.8 Å². The molecule has 254 valence electrons. The first-order valence-corrected chi connectivity index (χ1v) is 17.8. The molecule has 2 heterocycles. The van der Waals surface area contributed by atoms with Crippen LogP contribution in [-0.2, 0) is 0 Å². The molecule has 44 heavy (non-hydrogen) atoms. The van der Waals surface area contributed by atoms with Gasteiger partial charge in [0.15, 0.2) is 5.69 Å². The van der Waals surface area contributed by atoms with Crippen LogP contribution < -0.4 is 15.0 Å². The van der Waals surface area contributed by atoms with Crippen LogP contribution in [0.15, 0.2) is 12.1 Å². The Morgan fingerprint density at radius 3 is 1.91 bits per heavy atom. The van der Waals surface area contributed by atoms with Gasteiger partial charge in [-0.05, 0) is 82.0 Å². The molecular weight excluding hydrogens is 560 g/mol. The van der Waals surface area contributed by atoms with Crippen molar-refractivity contribution < 1.29 is 23.4 Å². The molecule has 0 aromatic carbocycles. The second-order valence-corrected chi connectivity index (χ2v) is 13.4. The molecule has 2 N–H and O–H groups in total. The summed E-state index contributed by atoms with van der Waals surface area (Å²) < 4.78 is 31.4. The average molecular weight is 624 g/mol. The molecule has 0 unspecified atom stereocenters. The minimum atomic E-state index is -2.70. The van der Waals surface area contributed by atoms with Crippen LogP contribution in [-0.4, -0.2) is 55.3 Å². The lowest BCUT2D eigenvalue weighted by molar-refractivity contribution is -0.0265. The number of nitrogens with zero attached hydrogens (tertiary/aromatic N) is 2. The molecule has 8 heteroatoms. The van der Waals surface area contributed by atoms with Gasteiger partial charge >= 0.3 is 5.97 Å². The van der Waals surface area contributed by atoms with Crippen molar-refractivity contribution in [2.45, 2.75) is 149 Å². The second-order valence-electron chi connectivity index (χ2n) is 13.4. The second kappa shape index (κ2) is 21.0. The monoisotopic (exact) mass is 623 g/mol. The highest BCUT2D eigenvalue weighted by Gasteiger charge is 2.45. The highest BCUT2D eigenvalue weighted by molar-refractivity contribution is 5.86. The van der Waals surface area contributed by atoms with Crippen LogP contribution >= 0.6 is 0 Å². The van der Waals surface area contributed by atoms with Gasteiger partial charge in [0, 0.05) is 0 Å². The molecule has 1 saturated heterocycles. The molecule has 0 amide bonds. The van der Waals surface area contributed by atoms with Crippen molar-refractivity contribution in [3.63, 3.8) is 0 Å². The number of rotatable bonds is 24. The number of unbranched alkanes of at least 4 members (excludes halogenated alkanes) is 9. The number of hydrogen-bond acceptors (Lipinski definition) is 5. The van der Waals surface area contributed by atoms with Crippen molar-refractivity contribution >= 4 is 11.7 Å². The minimum Gasteiger partial charge on any atom is -0.477 e. The lowest BCUT2D eigenvalue weighted by atomic mass is 9.71. The van der Waals surface area contributed by atoms with Crippen molar-refractivity contribution in [3.8, 4) is 5.88 Å². The van der Waals surface area contributed by atoms with Crippen LogP contribution in [0.2, 0.25) is 0 Å². The Labute approximate surface area is 267 Å². The summed E-state index contributed by atoms with van der Waals surface area (Å²) >= 11 is 0. The van der Waals surface area contributed by atoms with Gasteiger partial charge in [-0.25, -0.2) is 18.6 Å². The standard InChI is InChI=1S/C23H49N.C13H14F2N2O3/c1-5-8-18-23(19-9-6-2,20-10-7-3)21-16-14-12-11-13-15-17-22-24-4;14-13(15)6-17(7-13)10-4-3-9(12(18)19)16-11(10)20-5-8-1-2-8/h24H,5-22H2,1-4H3;3-4,8H,1-2,5-7H2,(H,18,19). The zero-order valence-electron chi connectivity index (χ0n) is 28.4. The molecule has 1 aromatic heterocycles. The number of halogens is 2. The quantitative estimate of drug-likeness (QED) is 0.112. The zero-order valence-corrected chi connectivity index (χ0v) is 28.4. The fraction of sp³-hybridized carbons (Fsp3) is 0.833. The van der Waals surface area contributed by atoms with Gasteiger partial charge in [0.25, 0.3) is 5.92 Å². The Morgan fingerprint density at radius 2 is 1.43 bits per heavy atom. The maximum absolute atomic E-state index is 12.9. The summed E-state index contributed by atoms with van der Waals surface area (Å²) in [7, 11) is 2.06. The molecule has 1 aliphatic carbocycles. The molecule has 1 aliphatic heterocycles. The number of ether oxygens (including phenoxy) is 1. The number of pyridine rings is 1. The molecule has 2 fully saturated rings. The molecule has 0 bridgehead atoms. The van der Waals surface area contributed by atoms with Crippen LogP contribution in [0.25, 0.3) is 0 Å². The van der Waals surface area contributed by atoms with Gasteiger partial charge in [-0.15, -0.1) is 0 Å². The van der Waals surface area contributed by atoms with Crippen molar-refractivity contribution in [1.29, 1.82) is 0 Å². The number of alkyl halides is 2. The molecule has 1 saturated carbocycles. The topological polar surface area (TPSA) is 74.7 Å². The Morgan fingerprint density at radius 1 is 0.909 bits per heavy atom. The van der Waals surface area contributed by atoms with Crippen molar-refractivity contribution in [3.05, 3.63) is 17.8 Å². The third-order valence-corrected chi connectivity index (χ3v) is 9.21. The third-order valence-electron chi connectivity index (χ3n) is 9.21. The van der Waals surface area contributed by atoms with E-state index in [-0.39, 0.29) is 24.7 Å². The summed E-state index contributed by atoms with van der Waals surface area (Å²) in [4.78, 5) is 16.3. The van der Waals surface area contributed by atoms with E-state index in [2.05, 4.69) is 38.1 Å². The Bertz CT molecular complexity index is 896. The van der Waals surface area contributed by atoms with Gasteiger partial charge in [-0.3, -0.25) is 0 Å². The number of aromatic nitrogens is 1. The van der Waals surface area contributed by atoms with Crippen LogP contribution in [0.4, 0.5) is 14.5 Å². The zero-order chi connectivity index (χ0) is 32.3. The minimum absolute atomic E-state index is 0.132. The number of anilines is 1. The van der Waals surface area contributed by atoms with E-state index in [1.54, 1.807) is 0 Å². The maximum atomic E-state index is 12.9. The lowest BCUT2D eigenvalue weighted by Gasteiger charge is -2.40. The highest BCUT2D eigenvalue weighted by atomic mass is 19.3. The predicted molar refractivity (Wildman–Crippen MR) is 178 cm³/mol. The van der Waals surface area contributed by atoms with Gasteiger partial charge in [-0.2, -0.15) is 0 Å². The first-order valence-electron chi connectivity index (χ1n) is 17.8. The summed E-state index contributed by atoms with van der Waals surface area (Å²) in [6.45, 7) is 7.94. The number of aromatic carboxylic acids is 1. The average Bonchev–Trinajstić information content (AvgIpc) is 3.83. The fourth-order valence-electron chi connectivity index (χ4n) is 6.15. The van der Waals surface area contributed by atoms with Crippen molar-refractivity contribution in [2.24, 2.45) is 11.3 Å². The number of carboxylic acids is 1. The van der Waals surface area contributed by atoms with Crippen molar-refractivity contribution in [1.82, 2.24) is 10.3 Å². The molecule has 0 spiro atoms. The summed E-state index contributed by atoms with van der Waals surface area (Å²) in [5, 5.41) is 12.2. The SMILES string of the molecule is CCCCC(CCCC)(CCCC)CCCCCCCCCNC.O=C(O)c1ccc(N2CC(F)(F)C2)c(OCC2CC2)n1. The normalized spacial score (nSPS) is 15.8. The van der Waals surface area contributed by atoms with Gasteiger partial charge in [-0.1, -0.05) is 97.8 Å². The first kappa shape index (κ1) is 38.2. The lowest BCUT2D eigenvalue weighted by Crippen LogP contribution is -2.56.